The van der Waals surface area contributed by atoms with Gasteiger partial charge in [0.2, 0.25) is 0 Å². The van der Waals surface area contributed by atoms with Crippen molar-refractivity contribution < 1.29 is 4.79 Å². The van der Waals surface area contributed by atoms with E-state index in [0.29, 0.717) is 0 Å². The van der Waals surface area contributed by atoms with E-state index < -0.39 is 0 Å². The van der Waals surface area contributed by atoms with Crippen LogP contribution in [-0.4, -0.2) is 23.9 Å². The zero-order valence-electron chi connectivity index (χ0n) is 13.1. The van der Waals surface area contributed by atoms with Crippen LogP contribution in [-0.2, 0) is 6.42 Å². The summed E-state index contributed by atoms with van der Waals surface area (Å²) in [4.78, 5) is 14.5. The van der Waals surface area contributed by atoms with Crippen LogP contribution in [0, 0.1) is 6.92 Å². The van der Waals surface area contributed by atoms with E-state index >= 15 is 0 Å². The molecule has 0 N–H and O–H groups in total. The van der Waals surface area contributed by atoms with Gasteiger partial charge in [0.05, 0.1) is 0 Å². The second-order valence-electron chi connectivity index (χ2n) is 5.24. The van der Waals surface area contributed by atoms with Crippen LogP contribution in [0.15, 0.2) is 48.5 Å². The zero-order chi connectivity index (χ0) is 15.2. The third-order valence-corrected chi connectivity index (χ3v) is 3.94. The Morgan fingerprint density at radius 3 is 2.10 bits per heavy atom. The molecule has 0 aromatic heterocycles. The smallest absolute Gasteiger partial charge is 0.254 e. The van der Waals surface area contributed by atoms with Crippen LogP contribution in [0.5, 0.6) is 0 Å². The number of nitrogens with zero attached hydrogens (tertiary/aromatic N) is 1. The largest absolute Gasteiger partial charge is 0.339 e. The maximum Gasteiger partial charge on any atom is 0.254 e. The van der Waals surface area contributed by atoms with Crippen molar-refractivity contribution in [2.24, 2.45) is 0 Å². The summed E-state index contributed by atoms with van der Waals surface area (Å²) in [6.45, 7) is 7.64. The van der Waals surface area contributed by atoms with Crippen molar-refractivity contribution in [2.75, 3.05) is 13.1 Å². The highest BCUT2D eigenvalue weighted by molar-refractivity contribution is 5.95. The van der Waals surface area contributed by atoms with Gasteiger partial charge in [-0.05, 0) is 49.9 Å². The molecule has 0 saturated heterocycles. The topological polar surface area (TPSA) is 20.3 Å². The molecule has 0 aliphatic rings. The average Bonchev–Trinajstić information content (AvgIpc) is 2.51. The Balaban J connectivity index is 2.33. The van der Waals surface area contributed by atoms with Gasteiger partial charge < -0.3 is 4.90 Å². The minimum Gasteiger partial charge on any atom is -0.339 e. The van der Waals surface area contributed by atoms with Crippen LogP contribution in [0.1, 0.15) is 40.9 Å². The lowest BCUT2D eigenvalue weighted by atomic mass is 9.96. The molecule has 21 heavy (non-hydrogen) atoms. The fraction of sp³-hybridized carbons (Fsp3) is 0.316. The molecule has 0 radical (unpaired) electrons. The number of carbonyl (C=O) groups excluding carboxylic acids is 1. The lowest BCUT2D eigenvalue weighted by molar-refractivity contribution is 0.0772. The first kappa shape index (κ1) is 15.3. The van der Waals surface area contributed by atoms with Gasteiger partial charge in [-0.15, -0.1) is 0 Å². The maximum absolute atomic E-state index is 12.6. The third-order valence-electron chi connectivity index (χ3n) is 3.94. The average molecular weight is 281 g/mol. The molecule has 2 aromatic carbocycles. The molecule has 0 aliphatic heterocycles. The molecule has 2 rings (SSSR count). The van der Waals surface area contributed by atoms with Gasteiger partial charge in [-0.2, -0.15) is 0 Å². The van der Waals surface area contributed by atoms with Gasteiger partial charge >= 0.3 is 0 Å². The predicted octanol–water partition coefficient (Wildman–Crippen LogP) is 4.07. The third kappa shape index (κ3) is 3.52. The Bertz CT molecular complexity index is 614. The molecule has 0 bridgehead atoms. The van der Waals surface area contributed by atoms with E-state index in [4.69, 9.17) is 0 Å². The van der Waals surface area contributed by atoms with E-state index in [1.54, 1.807) is 0 Å². The highest BCUT2D eigenvalue weighted by Crippen LogP contribution is 2.18. The summed E-state index contributed by atoms with van der Waals surface area (Å²) in [5.74, 6) is 0.129. The molecule has 110 valence electrons. The number of carbonyl (C=O) groups is 1. The molecule has 0 aliphatic carbocycles. The predicted molar refractivity (Wildman–Crippen MR) is 87.7 cm³/mol. The molecule has 0 atom stereocenters. The van der Waals surface area contributed by atoms with Crippen LogP contribution in [0.4, 0.5) is 0 Å². The monoisotopic (exact) mass is 281 g/mol. The van der Waals surface area contributed by atoms with Gasteiger partial charge in [-0.1, -0.05) is 42.5 Å². The second-order valence-corrected chi connectivity index (χ2v) is 5.24. The second kappa shape index (κ2) is 7.07. The highest BCUT2D eigenvalue weighted by atomic mass is 16.2. The van der Waals surface area contributed by atoms with Gasteiger partial charge in [0.1, 0.15) is 0 Å². The van der Waals surface area contributed by atoms with E-state index in [9.17, 15) is 4.79 Å². The molecular weight excluding hydrogens is 258 g/mol. The minimum absolute atomic E-state index is 0.129. The molecule has 0 fully saturated rings. The van der Waals surface area contributed by atoms with Crippen molar-refractivity contribution in [3.63, 3.8) is 0 Å². The number of aryl methyl sites for hydroxylation is 1. The molecule has 2 nitrogen and oxygen atoms in total. The Hall–Kier alpha value is -2.09. The number of hydrogen-bond acceptors (Lipinski definition) is 1. The van der Waals surface area contributed by atoms with E-state index in [2.05, 4.69) is 31.2 Å². The van der Waals surface area contributed by atoms with E-state index in [-0.39, 0.29) is 5.91 Å². The lowest BCUT2D eigenvalue weighted by Gasteiger charge is -2.20. The highest BCUT2D eigenvalue weighted by Gasteiger charge is 2.16. The Morgan fingerprint density at radius 1 is 0.905 bits per heavy atom. The van der Waals surface area contributed by atoms with Crippen LogP contribution in [0.25, 0.3) is 0 Å². The van der Waals surface area contributed by atoms with Gasteiger partial charge in [0.25, 0.3) is 5.91 Å². The molecule has 0 unspecified atom stereocenters. The van der Waals surface area contributed by atoms with Crippen LogP contribution in [0.2, 0.25) is 0 Å². The Morgan fingerprint density at radius 2 is 1.48 bits per heavy atom. The standard InChI is InChI=1S/C19H23NO/c1-4-20(5-2)19(21)18-13-9-8-12-17(18)14-16-11-7-6-10-15(16)3/h6-13H,4-5,14H2,1-3H3. The zero-order valence-corrected chi connectivity index (χ0v) is 13.1. The first-order chi connectivity index (χ1) is 10.2. The lowest BCUT2D eigenvalue weighted by Crippen LogP contribution is -2.31. The van der Waals surface area contributed by atoms with E-state index in [1.165, 1.54) is 11.1 Å². The molecule has 0 spiro atoms. The fourth-order valence-electron chi connectivity index (χ4n) is 2.58. The Labute approximate surface area is 127 Å². The van der Waals surface area contributed by atoms with Gasteiger partial charge in [0, 0.05) is 18.7 Å². The van der Waals surface area contributed by atoms with Crippen molar-refractivity contribution in [1.82, 2.24) is 4.90 Å². The summed E-state index contributed by atoms with van der Waals surface area (Å²) in [5.41, 5.74) is 4.47. The maximum atomic E-state index is 12.6. The van der Waals surface area contributed by atoms with Gasteiger partial charge in [-0.3, -0.25) is 4.79 Å². The summed E-state index contributed by atoms with van der Waals surface area (Å²) in [5, 5.41) is 0. The van der Waals surface area contributed by atoms with Crippen LogP contribution < -0.4 is 0 Å². The number of benzene rings is 2. The summed E-state index contributed by atoms with van der Waals surface area (Å²) in [6, 6.07) is 16.3. The molecule has 2 heteroatoms. The first-order valence-electron chi connectivity index (χ1n) is 7.59. The first-order valence-corrected chi connectivity index (χ1v) is 7.59. The van der Waals surface area contributed by atoms with E-state index in [0.717, 1.165) is 30.6 Å². The SMILES string of the molecule is CCN(CC)C(=O)c1ccccc1Cc1ccccc1C. The number of amides is 1. The number of hydrogen-bond donors (Lipinski definition) is 0. The van der Waals surface area contributed by atoms with Crippen molar-refractivity contribution in [1.29, 1.82) is 0 Å². The molecule has 0 saturated carbocycles. The fourth-order valence-corrected chi connectivity index (χ4v) is 2.58. The van der Waals surface area contributed by atoms with Crippen LogP contribution in [0.3, 0.4) is 0 Å². The molecular formula is C19H23NO. The van der Waals surface area contributed by atoms with Crippen molar-refractivity contribution >= 4 is 5.91 Å². The van der Waals surface area contributed by atoms with Crippen LogP contribution >= 0.6 is 0 Å². The molecule has 1 amide bonds. The van der Waals surface area contributed by atoms with Crippen molar-refractivity contribution in [3.8, 4) is 0 Å². The van der Waals surface area contributed by atoms with Gasteiger partial charge in [-0.25, -0.2) is 0 Å². The summed E-state index contributed by atoms with van der Waals surface area (Å²) >= 11 is 0. The van der Waals surface area contributed by atoms with Gasteiger partial charge in [0.15, 0.2) is 0 Å². The summed E-state index contributed by atoms with van der Waals surface area (Å²) in [7, 11) is 0. The van der Waals surface area contributed by atoms with E-state index in [1.807, 2.05) is 43.0 Å². The molecule has 0 heterocycles. The Kier molecular flexibility index (Phi) is 5.15. The number of rotatable bonds is 5. The van der Waals surface area contributed by atoms with Crippen molar-refractivity contribution in [2.45, 2.75) is 27.2 Å². The quantitative estimate of drug-likeness (QED) is 0.809. The minimum atomic E-state index is 0.129. The summed E-state index contributed by atoms with van der Waals surface area (Å²) in [6.07, 6.45) is 0.801. The normalized spacial score (nSPS) is 10.4. The summed E-state index contributed by atoms with van der Waals surface area (Å²) < 4.78 is 0. The molecule has 2 aromatic rings. The van der Waals surface area contributed by atoms with Crippen molar-refractivity contribution in [3.05, 3.63) is 70.8 Å².